The zero-order chi connectivity index (χ0) is 10.3. The summed E-state index contributed by atoms with van der Waals surface area (Å²) in [7, 11) is 0. The topological polar surface area (TPSA) is 80.4 Å². The van der Waals surface area contributed by atoms with Gasteiger partial charge in [-0.3, -0.25) is 4.79 Å². The van der Waals surface area contributed by atoms with Crippen molar-refractivity contribution in [2.24, 2.45) is 5.73 Å². The SMILES string of the molecule is CC(=O)CCCCCC(N)C(=O)O.Cl. The molecule has 0 aromatic heterocycles. The Labute approximate surface area is 90.3 Å². The Kier molecular flexibility index (Phi) is 10.1. The second kappa shape index (κ2) is 8.97. The van der Waals surface area contributed by atoms with Gasteiger partial charge in [0.05, 0.1) is 0 Å². The fourth-order valence-corrected chi connectivity index (χ4v) is 1.04. The molecule has 0 aromatic carbocycles. The summed E-state index contributed by atoms with van der Waals surface area (Å²) in [5.41, 5.74) is 5.29. The van der Waals surface area contributed by atoms with E-state index >= 15 is 0 Å². The van der Waals surface area contributed by atoms with Crippen molar-refractivity contribution in [3.05, 3.63) is 0 Å². The third-order valence-corrected chi connectivity index (χ3v) is 1.86. The molecule has 0 fully saturated rings. The second-order valence-corrected chi connectivity index (χ2v) is 3.25. The highest BCUT2D eigenvalue weighted by Gasteiger charge is 2.09. The lowest BCUT2D eigenvalue weighted by molar-refractivity contribution is -0.138. The molecule has 5 heteroatoms. The molecule has 0 spiro atoms. The van der Waals surface area contributed by atoms with Gasteiger partial charge in [-0.05, 0) is 19.8 Å². The van der Waals surface area contributed by atoms with Crippen molar-refractivity contribution < 1.29 is 14.7 Å². The van der Waals surface area contributed by atoms with Gasteiger partial charge in [-0.15, -0.1) is 12.4 Å². The van der Waals surface area contributed by atoms with E-state index in [1.807, 2.05) is 0 Å². The molecule has 14 heavy (non-hydrogen) atoms. The van der Waals surface area contributed by atoms with Gasteiger partial charge in [-0.25, -0.2) is 0 Å². The third-order valence-electron chi connectivity index (χ3n) is 1.86. The first kappa shape index (κ1) is 15.8. The molecule has 0 rings (SSSR count). The summed E-state index contributed by atoms with van der Waals surface area (Å²) in [6.07, 6.45) is 3.57. The minimum Gasteiger partial charge on any atom is -0.480 e. The maximum absolute atomic E-state index is 10.5. The molecule has 0 bridgehead atoms. The van der Waals surface area contributed by atoms with Crippen LogP contribution in [0.3, 0.4) is 0 Å². The number of unbranched alkanes of at least 4 members (excludes halogenated alkanes) is 2. The van der Waals surface area contributed by atoms with Gasteiger partial charge in [0.2, 0.25) is 0 Å². The van der Waals surface area contributed by atoms with Crippen molar-refractivity contribution in [3.8, 4) is 0 Å². The summed E-state index contributed by atoms with van der Waals surface area (Å²) in [5, 5.41) is 8.45. The normalized spacial score (nSPS) is 11.6. The Morgan fingerprint density at radius 2 is 1.86 bits per heavy atom. The number of hydrogen-bond acceptors (Lipinski definition) is 3. The summed E-state index contributed by atoms with van der Waals surface area (Å²) >= 11 is 0. The van der Waals surface area contributed by atoms with Crippen LogP contribution in [0.5, 0.6) is 0 Å². The number of aliphatic carboxylic acids is 1. The molecule has 1 atom stereocenters. The predicted molar refractivity (Wildman–Crippen MR) is 56.6 cm³/mol. The Balaban J connectivity index is 0. The van der Waals surface area contributed by atoms with Crippen LogP contribution in [0.1, 0.15) is 39.0 Å². The van der Waals surface area contributed by atoms with Gasteiger partial charge in [-0.2, -0.15) is 0 Å². The fraction of sp³-hybridized carbons (Fsp3) is 0.778. The lowest BCUT2D eigenvalue weighted by Crippen LogP contribution is -2.29. The van der Waals surface area contributed by atoms with Crippen LogP contribution in [0, 0.1) is 0 Å². The van der Waals surface area contributed by atoms with E-state index in [9.17, 15) is 9.59 Å². The van der Waals surface area contributed by atoms with E-state index < -0.39 is 12.0 Å². The van der Waals surface area contributed by atoms with Gasteiger partial charge >= 0.3 is 5.97 Å². The molecule has 0 aromatic rings. The lowest BCUT2D eigenvalue weighted by atomic mass is 10.1. The summed E-state index contributed by atoms with van der Waals surface area (Å²) in [6, 6.07) is -0.752. The van der Waals surface area contributed by atoms with Crippen molar-refractivity contribution in [2.75, 3.05) is 0 Å². The third kappa shape index (κ3) is 9.48. The maximum atomic E-state index is 10.5. The maximum Gasteiger partial charge on any atom is 0.320 e. The van der Waals surface area contributed by atoms with Gasteiger partial charge in [0, 0.05) is 6.42 Å². The molecule has 0 aliphatic rings. The summed E-state index contributed by atoms with van der Waals surface area (Å²) in [5.74, 6) is -0.769. The molecule has 0 radical (unpaired) electrons. The van der Waals surface area contributed by atoms with E-state index in [4.69, 9.17) is 10.8 Å². The molecule has 3 N–H and O–H groups in total. The first-order chi connectivity index (χ1) is 6.04. The molecule has 0 aliphatic heterocycles. The van der Waals surface area contributed by atoms with E-state index in [2.05, 4.69) is 0 Å². The number of Topliss-reactive ketones (excluding diaryl/α,β-unsaturated/α-hetero) is 1. The van der Waals surface area contributed by atoms with Gasteiger partial charge in [0.1, 0.15) is 11.8 Å². The molecule has 0 aliphatic carbocycles. The minimum atomic E-state index is -0.952. The summed E-state index contributed by atoms with van der Waals surface area (Å²) < 4.78 is 0. The molecular weight excluding hydrogens is 206 g/mol. The van der Waals surface area contributed by atoms with Gasteiger partial charge in [0.15, 0.2) is 0 Å². The fourth-order valence-electron chi connectivity index (χ4n) is 1.04. The number of ketones is 1. The van der Waals surface area contributed by atoms with Crippen molar-refractivity contribution in [1.82, 2.24) is 0 Å². The van der Waals surface area contributed by atoms with Crippen LogP contribution >= 0.6 is 12.4 Å². The Hall–Kier alpha value is -0.610. The predicted octanol–water partition coefficient (Wildman–Crippen LogP) is 1.36. The van der Waals surface area contributed by atoms with E-state index in [0.29, 0.717) is 12.8 Å². The molecule has 84 valence electrons. The zero-order valence-corrected chi connectivity index (χ0v) is 9.18. The van der Waals surface area contributed by atoms with Crippen LogP contribution < -0.4 is 5.73 Å². The molecule has 1 unspecified atom stereocenters. The number of carbonyl (C=O) groups excluding carboxylic acids is 1. The molecule has 0 saturated heterocycles. The molecular formula is C9H18ClNO3. The first-order valence-electron chi connectivity index (χ1n) is 4.52. The molecule has 0 heterocycles. The largest absolute Gasteiger partial charge is 0.480 e. The van der Waals surface area contributed by atoms with Crippen molar-refractivity contribution in [2.45, 2.75) is 45.1 Å². The lowest BCUT2D eigenvalue weighted by Gasteiger charge is -2.04. The monoisotopic (exact) mass is 223 g/mol. The molecule has 4 nitrogen and oxygen atoms in total. The van der Waals surface area contributed by atoms with E-state index in [-0.39, 0.29) is 18.2 Å². The number of carboxylic acids is 1. The van der Waals surface area contributed by atoms with Crippen LogP contribution in [0.2, 0.25) is 0 Å². The van der Waals surface area contributed by atoms with Crippen LogP contribution in [0.25, 0.3) is 0 Å². The average molecular weight is 224 g/mol. The van der Waals surface area contributed by atoms with Gasteiger partial charge < -0.3 is 15.6 Å². The summed E-state index contributed by atoms with van der Waals surface area (Å²) in [4.78, 5) is 20.8. The van der Waals surface area contributed by atoms with Crippen LogP contribution in [0.4, 0.5) is 0 Å². The van der Waals surface area contributed by atoms with Gasteiger partial charge in [-0.1, -0.05) is 12.8 Å². The van der Waals surface area contributed by atoms with E-state index in [0.717, 1.165) is 19.3 Å². The van der Waals surface area contributed by atoms with E-state index in [1.54, 1.807) is 6.92 Å². The van der Waals surface area contributed by atoms with Gasteiger partial charge in [0.25, 0.3) is 0 Å². The van der Waals surface area contributed by atoms with Crippen molar-refractivity contribution in [3.63, 3.8) is 0 Å². The molecule has 0 saturated carbocycles. The van der Waals surface area contributed by atoms with Crippen LogP contribution in [-0.2, 0) is 9.59 Å². The average Bonchev–Trinajstić information content (AvgIpc) is 2.02. The number of halogens is 1. The second-order valence-electron chi connectivity index (χ2n) is 3.25. The van der Waals surface area contributed by atoms with E-state index in [1.165, 1.54) is 0 Å². The quantitative estimate of drug-likeness (QED) is 0.639. The molecule has 0 amide bonds. The number of carbonyl (C=O) groups is 2. The minimum absolute atomic E-state index is 0. The smallest absolute Gasteiger partial charge is 0.320 e. The van der Waals surface area contributed by atoms with Crippen LogP contribution in [-0.4, -0.2) is 22.9 Å². The first-order valence-corrected chi connectivity index (χ1v) is 4.52. The summed E-state index contributed by atoms with van der Waals surface area (Å²) in [6.45, 7) is 1.56. The Morgan fingerprint density at radius 3 is 2.29 bits per heavy atom. The zero-order valence-electron chi connectivity index (χ0n) is 8.36. The Bertz CT molecular complexity index is 185. The Morgan fingerprint density at radius 1 is 1.29 bits per heavy atom. The van der Waals surface area contributed by atoms with Crippen LogP contribution in [0.15, 0.2) is 0 Å². The highest BCUT2D eigenvalue weighted by atomic mass is 35.5. The van der Waals surface area contributed by atoms with Crippen molar-refractivity contribution >= 4 is 24.2 Å². The number of carboxylic acid groups (broad SMARTS) is 1. The highest BCUT2D eigenvalue weighted by Crippen LogP contribution is 2.05. The highest BCUT2D eigenvalue weighted by molar-refractivity contribution is 5.85. The number of nitrogens with two attached hydrogens (primary N) is 1. The standard InChI is InChI=1S/C9H17NO3.ClH/c1-7(11)5-3-2-4-6-8(10)9(12)13;/h8H,2-6,10H2,1H3,(H,12,13);1H. The number of rotatable bonds is 7. The number of hydrogen-bond donors (Lipinski definition) is 2. The van der Waals surface area contributed by atoms with Crippen molar-refractivity contribution in [1.29, 1.82) is 0 Å².